The second-order valence-corrected chi connectivity index (χ2v) is 9.13. The van der Waals surface area contributed by atoms with Crippen molar-refractivity contribution in [3.8, 4) is 11.4 Å². The normalized spacial score (nSPS) is 14.2. The van der Waals surface area contributed by atoms with E-state index in [1.807, 2.05) is 51.1 Å². The van der Waals surface area contributed by atoms with Crippen LogP contribution < -0.4 is 5.09 Å². The van der Waals surface area contributed by atoms with Gasteiger partial charge in [0, 0.05) is 11.6 Å². The molecule has 0 saturated carbocycles. The quantitative estimate of drug-likeness (QED) is 0.724. The highest BCUT2D eigenvalue weighted by Crippen LogP contribution is 2.57. The largest absolute Gasteiger partial charge is 0.338 e. The number of hydrogen-bond acceptors (Lipinski definition) is 6. The van der Waals surface area contributed by atoms with Gasteiger partial charge in [-0.3, -0.25) is 4.57 Å². The lowest BCUT2D eigenvalue weighted by atomic mass is 10.2. The molecule has 22 heavy (non-hydrogen) atoms. The Bertz CT molecular complexity index is 633. The molecule has 0 bridgehead atoms. The Morgan fingerprint density at radius 2 is 2.09 bits per heavy atom. The maximum Gasteiger partial charge on any atom is 0.327 e. The van der Waals surface area contributed by atoms with Gasteiger partial charge in [-0.2, -0.15) is 4.98 Å². The average molecular weight is 341 g/mol. The molecule has 0 aliphatic carbocycles. The van der Waals surface area contributed by atoms with Crippen LogP contribution in [-0.2, 0) is 14.8 Å². The van der Waals surface area contributed by atoms with E-state index >= 15 is 0 Å². The molecule has 1 aromatic heterocycles. The lowest BCUT2D eigenvalue weighted by molar-refractivity contribution is 0.335. The zero-order chi connectivity index (χ0) is 16.0. The van der Waals surface area contributed by atoms with Crippen molar-refractivity contribution in [3.63, 3.8) is 0 Å². The van der Waals surface area contributed by atoms with Gasteiger partial charge in [0.2, 0.25) is 11.7 Å². The van der Waals surface area contributed by atoms with Gasteiger partial charge >= 0.3 is 6.72 Å². The smallest absolute Gasteiger partial charge is 0.327 e. The Morgan fingerprint density at radius 3 is 2.73 bits per heavy atom. The lowest BCUT2D eigenvalue weighted by Crippen LogP contribution is -2.19. The molecule has 120 valence electrons. The molecule has 0 amide bonds. The number of hydrogen-bond donors (Lipinski definition) is 1. The molecular formula is C14H20N3O3PS. The van der Waals surface area contributed by atoms with E-state index in [-0.39, 0.29) is 6.04 Å². The SMILES string of the molecule is CCOP(=O)(NC(C)C)SCc1nc(-c2ccccc2)no1. The van der Waals surface area contributed by atoms with E-state index in [1.165, 1.54) is 0 Å². The van der Waals surface area contributed by atoms with E-state index < -0.39 is 6.72 Å². The van der Waals surface area contributed by atoms with Crippen molar-refractivity contribution < 1.29 is 13.6 Å². The number of benzene rings is 1. The molecule has 2 rings (SSSR count). The molecule has 1 atom stereocenters. The van der Waals surface area contributed by atoms with Crippen molar-refractivity contribution in [1.82, 2.24) is 15.2 Å². The first-order chi connectivity index (χ1) is 10.5. The van der Waals surface area contributed by atoms with Crippen molar-refractivity contribution in [3.05, 3.63) is 36.2 Å². The molecule has 0 saturated heterocycles. The Balaban J connectivity index is 2.02. The first-order valence-electron chi connectivity index (χ1n) is 7.07. The Labute approximate surface area is 134 Å². The minimum atomic E-state index is -2.96. The number of nitrogens with one attached hydrogen (secondary N) is 1. The highest BCUT2D eigenvalue weighted by atomic mass is 32.7. The fourth-order valence-corrected chi connectivity index (χ4v) is 5.59. The van der Waals surface area contributed by atoms with Crippen LogP contribution in [0.5, 0.6) is 0 Å². The molecule has 0 fully saturated rings. The van der Waals surface area contributed by atoms with E-state index in [4.69, 9.17) is 9.05 Å². The van der Waals surface area contributed by atoms with Crippen LogP contribution >= 0.6 is 18.1 Å². The molecule has 1 heterocycles. The van der Waals surface area contributed by atoms with E-state index in [0.29, 0.717) is 24.1 Å². The van der Waals surface area contributed by atoms with Crippen molar-refractivity contribution in [2.24, 2.45) is 0 Å². The van der Waals surface area contributed by atoms with Gasteiger partial charge < -0.3 is 9.05 Å². The maximum atomic E-state index is 12.6. The maximum absolute atomic E-state index is 12.6. The van der Waals surface area contributed by atoms with E-state index in [1.54, 1.807) is 0 Å². The fraction of sp³-hybridized carbons (Fsp3) is 0.429. The van der Waals surface area contributed by atoms with Gasteiger partial charge in [-0.15, -0.1) is 0 Å². The van der Waals surface area contributed by atoms with Crippen LogP contribution in [0.1, 0.15) is 26.7 Å². The molecule has 0 spiro atoms. The summed E-state index contributed by atoms with van der Waals surface area (Å²) in [6, 6.07) is 9.63. The lowest BCUT2D eigenvalue weighted by Gasteiger charge is -2.19. The predicted molar refractivity (Wildman–Crippen MR) is 88.5 cm³/mol. The molecule has 1 aromatic carbocycles. The summed E-state index contributed by atoms with van der Waals surface area (Å²) in [6.07, 6.45) is 0. The van der Waals surface area contributed by atoms with E-state index in [0.717, 1.165) is 16.9 Å². The summed E-state index contributed by atoms with van der Waals surface area (Å²) in [5.41, 5.74) is 0.885. The van der Waals surface area contributed by atoms with Gasteiger partial charge in [-0.25, -0.2) is 5.09 Å². The molecule has 8 heteroatoms. The second kappa shape index (κ2) is 7.92. The Kier molecular flexibility index (Phi) is 6.20. The highest BCUT2D eigenvalue weighted by Gasteiger charge is 2.25. The first-order valence-corrected chi connectivity index (χ1v) is 10.3. The van der Waals surface area contributed by atoms with Crippen LogP contribution in [0.25, 0.3) is 11.4 Å². The molecule has 0 radical (unpaired) electrons. The summed E-state index contributed by atoms with van der Waals surface area (Å²) in [4.78, 5) is 4.32. The van der Waals surface area contributed by atoms with E-state index in [2.05, 4.69) is 15.2 Å². The van der Waals surface area contributed by atoms with Crippen LogP contribution in [0.2, 0.25) is 0 Å². The third-order valence-electron chi connectivity index (χ3n) is 2.57. The Morgan fingerprint density at radius 1 is 1.36 bits per heavy atom. The van der Waals surface area contributed by atoms with Crippen molar-refractivity contribution >= 4 is 18.1 Å². The first kappa shape index (κ1) is 17.2. The summed E-state index contributed by atoms with van der Waals surface area (Å²) in [7, 11) is 0. The van der Waals surface area contributed by atoms with Crippen LogP contribution in [0.15, 0.2) is 34.9 Å². The Hall–Kier alpha value is -1.14. The third-order valence-corrected chi connectivity index (χ3v) is 6.76. The van der Waals surface area contributed by atoms with Crippen molar-refractivity contribution in [2.45, 2.75) is 32.6 Å². The topological polar surface area (TPSA) is 77.2 Å². The monoisotopic (exact) mass is 341 g/mol. The van der Waals surface area contributed by atoms with Gasteiger partial charge in [-0.05, 0) is 32.2 Å². The number of aromatic nitrogens is 2. The molecule has 1 N–H and O–H groups in total. The summed E-state index contributed by atoms with van der Waals surface area (Å²) in [6.45, 7) is 3.07. The zero-order valence-electron chi connectivity index (χ0n) is 12.9. The van der Waals surface area contributed by atoms with E-state index in [9.17, 15) is 4.57 Å². The van der Waals surface area contributed by atoms with Gasteiger partial charge in [-0.1, -0.05) is 35.5 Å². The molecule has 2 aromatic rings. The summed E-state index contributed by atoms with van der Waals surface area (Å²) >= 11 is 1.16. The third kappa shape index (κ3) is 4.95. The molecule has 0 aliphatic heterocycles. The standard InChI is InChI=1S/C14H20N3O3PS/c1-4-19-21(18,17-11(2)3)22-10-13-15-14(16-20-13)12-8-6-5-7-9-12/h5-9,11H,4,10H2,1-3H3,(H,17,18). The average Bonchev–Trinajstić information content (AvgIpc) is 2.95. The number of rotatable bonds is 8. The van der Waals surface area contributed by atoms with Crippen molar-refractivity contribution in [2.75, 3.05) is 6.61 Å². The van der Waals surface area contributed by atoms with Gasteiger partial charge in [0.1, 0.15) is 0 Å². The number of nitrogens with zero attached hydrogens (tertiary/aromatic N) is 2. The summed E-state index contributed by atoms with van der Waals surface area (Å²) in [5.74, 6) is 1.28. The van der Waals surface area contributed by atoms with Crippen LogP contribution in [0.4, 0.5) is 0 Å². The minimum Gasteiger partial charge on any atom is -0.338 e. The molecule has 6 nitrogen and oxygen atoms in total. The molecule has 0 aliphatic rings. The zero-order valence-corrected chi connectivity index (χ0v) is 14.6. The summed E-state index contributed by atoms with van der Waals surface area (Å²) in [5, 5.41) is 6.92. The van der Waals surface area contributed by atoms with Crippen LogP contribution in [-0.4, -0.2) is 22.8 Å². The van der Waals surface area contributed by atoms with Crippen molar-refractivity contribution in [1.29, 1.82) is 0 Å². The minimum absolute atomic E-state index is 0.0625. The molecular weight excluding hydrogens is 321 g/mol. The highest BCUT2D eigenvalue weighted by molar-refractivity contribution is 8.55. The molecule has 1 unspecified atom stereocenters. The predicted octanol–water partition coefficient (Wildman–Crippen LogP) is 4.11. The fourth-order valence-electron chi connectivity index (χ4n) is 1.76. The van der Waals surface area contributed by atoms with Crippen LogP contribution in [0, 0.1) is 0 Å². The van der Waals surface area contributed by atoms with Crippen LogP contribution in [0.3, 0.4) is 0 Å². The van der Waals surface area contributed by atoms with Gasteiger partial charge in [0.15, 0.2) is 0 Å². The van der Waals surface area contributed by atoms with Gasteiger partial charge in [0.25, 0.3) is 0 Å². The second-order valence-electron chi connectivity index (χ2n) is 4.85. The summed E-state index contributed by atoms with van der Waals surface area (Å²) < 4.78 is 23.2. The van der Waals surface area contributed by atoms with Gasteiger partial charge in [0.05, 0.1) is 12.4 Å².